The van der Waals surface area contributed by atoms with E-state index in [2.05, 4.69) is 15.3 Å². The summed E-state index contributed by atoms with van der Waals surface area (Å²) >= 11 is 1.04. The summed E-state index contributed by atoms with van der Waals surface area (Å²) in [5, 5.41) is 14.5. The highest BCUT2D eigenvalue weighted by Crippen LogP contribution is 2.38. The van der Waals surface area contributed by atoms with E-state index in [0.29, 0.717) is 5.69 Å². The smallest absolute Gasteiger partial charge is 0.279 e. The first-order chi connectivity index (χ1) is 14.4. The minimum Gasteiger partial charge on any atom is -0.504 e. The van der Waals surface area contributed by atoms with Crippen LogP contribution in [-0.2, 0) is 14.8 Å². The van der Waals surface area contributed by atoms with Gasteiger partial charge in [0.05, 0.1) is 10.6 Å². The van der Waals surface area contributed by atoms with Crippen molar-refractivity contribution in [1.82, 2.24) is 14.3 Å². The van der Waals surface area contributed by atoms with Gasteiger partial charge >= 0.3 is 0 Å². The number of thiophene rings is 1. The first-order valence-electron chi connectivity index (χ1n) is 8.75. The zero-order chi connectivity index (χ0) is 21.3. The van der Waals surface area contributed by atoms with E-state index in [-0.39, 0.29) is 15.7 Å². The number of likely N-dealkylation sites (N-methyl/N-ethyl adjacent to an activating group) is 1. The van der Waals surface area contributed by atoms with Gasteiger partial charge in [-0.25, -0.2) is 18.4 Å². The molecule has 0 radical (unpaired) electrons. The van der Waals surface area contributed by atoms with Gasteiger partial charge in [0.1, 0.15) is 4.90 Å². The molecule has 0 saturated carbocycles. The van der Waals surface area contributed by atoms with Gasteiger partial charge in [0.25, 0.3) is 15.9 Å². The number of hydrogen-bond donors (Lipinski definition) is 2. The van der Waals surface area contributed by atoms with Crippen LogP contribution < -0.4 is 5.32 Å². The molecule has 2 N–H and O–H groups in total. The van der Waals surface area contributed by atoms with Gasteiger partial charge in [-0.15, -0.1) is 11.3 Å². The Morgan fingerprint density at radius 1 is 1.17 bits per heavy atom. The largest absolute Gasteiger partial charge is 0.504 e. The molecule has 3 aromatic rings. The number of anilines is 1. The first-order valence-corrected chi connectivity index (χ1v) is 11.1. The molecule has 152 valence electrons. The van der Waals surface area contributed by atoms with Gasteiger partial charge in [0.15, 0.2) is 11.5 Å². The Balaban J connectivity index is 1.60. The fraction of sp³-hybridized carbons (Fsp3) is 0.0500. The number of carbonyl (C=O) groups excluding carboxylic acids is 1. The number of benzene rings is 1. The number of aliphatic hydroxyl groups is 1. The molecule has 0 fully saturated rings. The molecule has 1 aliphatic heterocycles. The zero-order valence-electron chi connectivity index (χ0n) is 15.7. The molecule has 0 bridgehead atoms. The predicted molar refractivity (Wildman–Crippen MR) is 115 cm³/mol. The maximum Gasteiger partial charge on any atom is 0.279 e. The third kappa shape index (κ3) is 3.58. The van der Waals surface area contributed by atoms with E-state index in [1.807, 2.05) is 36.4 Å². The summed E-state index contributed by atoms with van der Waals surface area (Å²) in [4.78, 5) is 21.1. The Kier molecular flexibility index (Phi) is 5.10. The standard InChI is InChI=1S/C20H16N4O4S2/c1-24-16(17(25)18-15(10-12-29-18)30(24,27)28)19(26)23-20-21-11-9-14(22-20)8-7-13-5-3-2-4-6-13/h2-12,25H,1H3,(H,21,22,23,26)/b8-7+. The van der Waals surface area contributed by atoms with E-state index in [1.165, 1.54) is 19.3 Å². The predicted octanol–water partition coefficient (Wildman–Crippen LogP) is 3.21. The lowest BCUT2D eigenvalue weighted by Gasteiger charge is -2.26. The van der Waals surface area contributed by atoms with Crippen LogP contribution in [0.3, 0.4) is 0 Å². The van der Waals surface area contributed by atoms with E-state index < -0.39 is 27.4 Å². The van der Waals surface area contributed by atoms with Crippen LogP contribution in [0.25, 0.3) is 17.9 Å². The molecule has 10 heteroatoms. The van der Waals surface area contributed by atoms with E-state index in [1.54, 1.807) is 17.5 Å². The summed E-state index contributed by atoms with van der Waals surface area (Å²) in [6, 6.07) is 12.7. The molecule has 3 heterocycles. The van der Waals surface area contributed by atoms with Crippen molar-refractivity contribution in [3.63, 3.8) is 0 Å². The highest BCUT2D eigenvalue weighted by atomic mass is 32.2. The number of hydrogen-bond acceptors (Lipinski definition) is 7. The van der Waals surface area contributed by atoms with Gasteiger partial charge in [0, 0.05) is 13.2 Å². The zero-order valence-corrected chi connectivity index (χ0v) is 17.3. The van der Waals surface area contributed by atoms with Crippen molar-refractivity contribution in [2.45, 2.75) is 4.90 Å². The van der Waals surface area contributed by atoms with E-state index in [4.69, 9.17) is 0 Å². The third-order valence-corrected chi connectivity index (χ3v) is 7.24. The number of carbonyl (C=O) groups is 1. The SMILES string of the molecule is CN1C(C(=O)Nc2nccc(/C=C/c3ccccc3)n2)=C(O)c2sccc2S1(=O)=O. The minimum atomic E-state index is -3.93. The summed E-state index contributed by atoms with van der Waals surface area (Å²) in [5.74, 6) is -1.25. The number of aliphatic hydroxyl groups excluding tert-OH is 1. The van der Waals surface area contributed by atoms with E-state index >= 15 is 0 Å². The van der Waals surface area contributed by atoms with Crippen molar-refractivity contribution >= 4 is 51.1 Å². The summed E-state index contributed by atoms with van der Waals surface area (Å²) in [6.07, 6.45) is 5.10. The van der Waals surface area contributed by atoms with Crippen molar-refractivity contribution in [1.29, 1.82) is 0 Å². The second kappa shape index (κ2) is 7.73. The number of amides is 1. The average Bonchev–Trinajstić information content (AvgIpc) is 3.24. The van der Waals surface area contributed by atoms with Gasteiger partial charge in [-0.3, -0.25) is 14.4 Å². The molecule has 1 amide bonds. The number of sulfonamides is 1. The maximum atomic E-state index is 12.8. The molecule has 0 unspecified atom stereocenters. The second-order valence-electron chi connectivity index (χ2n) is 6.29. The Labute approximate surface area is 176 Å². The average molecular weight is 441 g/mol. The molecule has 1 aliphatic rings. The fourth-order valence-electron chi connectivity index (χ4n) is 2.88. The number of rotatable bonds is 4. The Morgan fingerprint density at radius 3 is 2.70 bits per heavy atom. The lowest BCUT2D eigenvalue weighted by molar-refractivity contribution is -0.113. The lowest BCUT2D eigenvalue weighted by atomic mass is 10.2. The summed E-state index contributed by atoms with van der Waals surface area (Å²) in [6.45, 7) is 0. The Bertz CT molecular complexity index is 1280. The minimum absolute atomic E-state index is 0.0155. The number of aromatic nitrogens is 2. The van der Waals surface area contributed by atoms with Crippen molar-refractivity contribution in [3.05, 3.63) is 75.9 Å². The number of nitrogens with zero attached hydrogens (tertiary/aromatic N) is 3. The quantitative estimate of drug-likeness (QED) is 0.644. The lowest BCUT2D eigenvalue weighted by Crippen LogP contribution is -2.36. The molecule has 4 rings (SSSR count). The summed E-state index contributed by atoms with van der Waals surface area (Å²) in [7, 11) is -2.72. The van der Waals surface area contributed by atoms with Crippen molar-refractivity contribution in [2.75, 3.05) is 12.4 Å². The van der Waals surface area contributed by atoms with Gasteiger partial charge < -0.3 is 5.11 Å². The molecule has 1 aromatic carbocycles. The van der Waals surface area contributed by atoms with Crippen molar-refractivity contribution in [3.8, 4) is 0 Å². The molecule has 8 nitrogen and oxygen atoms in total. The van der Waals surface area contributed by atoms with E-state index in [0.717, 1.165) is 21.2 Å². The van der Waals surface area contributed by atoms with Crippen LogP contribution in [-0.4, -0.2) is 40.8 Å². The first kappa shape index (κ1) is 19.8. The topological polar surface area (TPSA) is 112 Å². The van der Waals surface area contributed by atoms with Crippen LogP contribution in [0, 0.1) is 0 Å². The van der Waals surface area contributed by atoms with Crippen LogP contribution in [0.15, 0.2) is 64.6 Å². The molecule has 0 aliphatic carbocycles. The summed E-state index contributed by atoms with van der Waals surface area (Å²) in [5.41, 5.74) is 1.14. The molecule has 2 aromatic heterocycles. The normalized spacial score (nSPS) is 15.3. The van der Waals surface area contributed by atoms with Crippen LogP contribution in [0.4, 0.5) is 5.95 Å². The molecule has 0 saturated heterocycles. The Morgan fingerprint density at radius 2 is 1.93 bits per heavy atom. The van der Waals surface area contributed by atoms with Gasteiger partial charge in [-0.05, 0) is 29.2 Å². The van der Waals surface area contributed by atoms with E-state index in [9.17, 15) is 18.3 Å². The molecule has 0 spiro atoms. The van der Waals surface area contributed by atoms with Crippen molar-refractivity contribution in [2.24, 2.45) is 0 Å². The second-order valence-corrected chi connectivity index (χ2v) is 9.14. The molecule has 30 heavy (non-hydrogen) atoms. The molecular weight excluding hydrogens is 424 g/mol. The monoisotopic (exact) mass is 440 g/mol. The maximum absolute atomic E-state index is 12.8. The van der Waals surface area contributed by atoms with Gasteiger partial charge in [-0.2, -0.15) is 0 Å². The highest BCUT2D eigenvalue weighted by molar-refractivity contribution is 7.89. The Hall–Kier alpha value is -3.50. The van der Waals surface area contributed by atoms with Crippen LogP contribution >= 0.6 is 11.3 Å². The summed E-state index contributed by atoms with van der Waals surface area (Å²) < 4.78 is 26.0. The van der Waals surface area contributed by atoms with Gasteiger partial charge in [0.2, 0.25) is 5.95 Å². The third-order valence-electron chi connectivity index (χ3n) is 4.39. The van der Waals surface area contributed by atoms with Crippen molar-refractivity contribution < 1.29 is 18.3 Å². The highest BCUT2D eigenvalue weighted by Gasteiger charge is 2.39. The van der Waals surface area contributed by atoms with Crippen LogP contribution in [0.2, 0.25) is 0 Å². The number of nitrogens with one attached hydrogen (secondary N) is 1. The molecule has 0 atom stereocenters. The fourth-order valence-corrected chi connectivity index (χ4v) is 5.44. The van der Waals surface area contributed by atoms with Crippen LogP contribution in [0.1, 0.15) is 16.1 Å². The molecular formula is C20H16N4O4S2. The van der Waals surface area contributed by atoms with Crippen LogP contribution in [0.5, 0.6) is 0 Å². The number of fused-ring (bicyclic) bond motifs is 1. The van der Waals surface area contributed by atoms with Gasteiger partial charge in [-0.1, -0.05) is 36.4 Å².